The zero-order chi connectivity index (χ0) is 15.2. The summed E-state index contributed by atoms with van der Waals surface area (Å²) in [6.07, 6.45) is 2.21. The number of carboxylic acids is 1. The second kappa shape index (κ2) is 6.53. The Morgan fingerprint density at radius 2 is 2.14 bits per heavy atom. The molecule has 2 rings (SSSR count). The van der Waals surface area contributed by atoms with E-state index in [2.05, 4.69) is 4.98 Å². The highest BCUT2D eigenvalue weighted by Gasteiger charge is 2.10. The van der Waals surface area contributed by atoms with Crippen LogP contribution in [0.1, 0.15) is 21.6 Å². The Morgan fingerprint density at radius 1 is 1.38 bits per heavy atom. The van der Waals surface area contributed by atoms with Gasteiger partial charge in [-0.05, 0) is 30.2 Å². The van der Waals surface area contributed by atoms with E-state index in [1.165, 1.54) is 0 Å². The number of hydrogen-bond acceptors (Lipinski definition) is 4. The lowest BCUT2D eigenvalue weighted by atomic mass is 10.0. The lowest BCUT2D eigenvalue weighted by molar-refractivity contribution is 0.0695. The molecule has 1 heterocycles. The highest BCUT2D eigenvalue weighted by atomic mass is 16.4. The second-order valence-corrected chi connectivity index (χ2v) is 4.64. The standard InChI is InChI=1S/C16H15N3O2/c1-19(14-6-8-18-13(10-14)11-17)9-7-12-4-2-3-5-15(12)16(20)21/h2-6,8,10H,7,9H2,1H3,(H,20,21). The van der Waals surface area contributed by atoms with Gasteiger partial charge in [0.2, 0.25) is 0 Å². The molecule has 0 aliphatic heterocycles. The smallest absolute Gasteiger partial charge is 0.335 e. The molecule has 0 unspecified atom stereocenters. The largest absolute Gasteiger partial charge is 0.478 e. The van der Waals surface area contributed by atoms with Crippen molar-refractivity contribution in [3.8, 4) is 6.07 Å². The summed E-state index contributed by atoms with van der Waals surface area (Å²) in [6, 6.07) is 12.5. The minimum Gasteiger partial charge on any atom is -0.478 e. The van der Waals surface area contributed by atoms with E-state index in [0.29, 0.717) is 24.2 Å². The first-order valence-electron chi connectivity index (χ1n) is 6.50. The summed E-state index contributed by atoms with van der Waals surface area (Å²) in [6.45, 7) is 0.652. The van der Waals surface area contributed by atoms with Gasteiger partial charge in [-0.3, -0.25) is 0 Å². The van der Waals surface area contributed by atoms with E-state index in [1.54, 1.807) is 24.4 Å². The highest BCUT2D eigenvalue weighted by Crippen LogP contribution is 2.15. The van der Waals surface area contributed by atoms with Crippen LogP contribution in [0, 0.1) is 11.3 Å². The summed E-state index contributed by atoms with van der Waals surface area (Å²) in [4.78, 5) is 17.1. The molecule has 0 bridgehead atoms. The van der Waals surface area contributed by atoms with E-state index >= 15 is 0 Å². The fourth-order valence-corrected chi connectivity index (χ4v) is 2.08. The monoisotopic (exact) mass is 281 g/mol. The number of likely N-dealkylation sites (N-methyl/N-ethyl adjacent to an activating group) is 1. The zero-order valence-electron chi connectivity index (χ0n) is 11.7. The molecule has 1 aromatic carbocycles. The molecule has 0 fully saturated rings. The molecule has 0 atom stereocenters. The maximum Gasteiger partial charge on any atom is 0.335 e. The van der Waals surface area contributed by atoms with Crippen LogP contribution in [0.4, 0.5) is 5.69 Å². The number of carboxylic acid groups (broad SMARTS) is 1. The minimum atomic E-state index is -0.913. The van der Waals surface area contributed by atoms with Crippen LogP contribution >= 0.6 is 0 Å². The molecule has 5 nitrogen and oxygen atoms in total. The van der Waals surface area contributed by atoms with Gasteiger partial charge in [-0.1, -0.05) is 18.2 Å². The van der Waals surface area contributed by atoms with Crippen LogP contribution in [-0.2, 0) is 6.42 Å². The zero-order valence-corrected chi connectivity index (χ0v) is 11.7. The number of carbonyl (C=O) groups is 1. The Morgan fingerprint density at radius 3 is 2.86 bits per heavy atom. The van der Waals surface area contributed by atoms with Crippen molar-refractivity contribution < 1.29 is 9.90 Å². The van der Waals surface area contributed by atoms with Gasteiger partial charge < -0.3 is 10.0 Å². The molecule has 0 saturated heterocycles. The van der Waals surface area contributed by atoms with E-state index in [-0.39, 0.29) is 0 Å². The number of hydrogen-bond donors (Lipinski definition) is 1. The highest BCUT2D eigenvalue weighted by molar-refractivity contribution is 5.89. The summed E-state index contributed by atoms with van der Waals surface area (Å²) in [5, 5.41) is 18.0. The van der Waals surface area contributed by atoms with Gasteiger partial charge in [0.15, 0.2) is 0 Å². The van der Waals surface area contributed by atoms with Crippen LogP contribution < -0.4 is 4.90 Å². The van der Waals surface area contributed by atoms with Crippen molar-refractivity contribution in [2.45, 2.75) is 6.42 Å². The second-order valence-electron chi connectivity index (χ2n) is 4.64. The molecule has 106 valence electrons. The first-order valence-corrected chi connectivity index (χ1v) is 6.50. The van der Waals surface area contributed by atoms with Crippen molar-refractivity contribution in [2.24, 2.45) is 0 Å². The van der Waals surface area contributed by atoms with Gasteiger partial charge >= 0.3 is 5.97 Å². The van der Waals surface area contributed by atoms with Gasteiger partial charge in [-0.15, -0.1) is 0 Å². The summed E-state index contributed by atoms with van der Waals surface area (Å²) >= 11 is 0. The maximum atomic E-state index is 11.2. The Hall–Kier alpha value is -2.87. The average Bonchev–Trinajstić information content (AvgIpc) is 2.52. The molecular formula is C16H15N3O2. The minimum absolute atomic E-state index is 0.332. The normalized spacial score (nSPS) is 9.90. The third-order valence-corrected chi connectivity index (χ3v) is 3.26. The molecule has 0 aliphatic rings. The number of aromatic nitrogens is 1. The Bertz CT molecular complexity index is 692. The van der Waals surface area contributed by atoms with E-state index in [0.717, 1.165) is 11.3 Å². The van der Waals surface area contributed by atoms with Crippen LogP contribution in [0.2, 0.25) is 0 Å². The molecule has 21 heavy (non-hydrogen) atoms. The Labute approximate surface area is 123 Å². The first kappa shape index (κ1) is 14.5. The molecule has 0 saturated carbocycles. The summed E-state index contributed by atoms with van der Waals surface area (Å²) in [5.74, 6) is -0.913. The van der Waals surface area contributed by atoms with Crippen molar-refractivity contribution in [3.63, 3.8) is 0 Å². The van der Waals surface area contributed by atoms with Crippen molar-refractivity contribution in [3.05, 3.63) is 59.4 Å². The van der Waals surface area contributed by atoms with Gasteiger partial charge in [-0.25, -0.2) is 9.78 Å². The summed E-state index contributed by atoms with van der Waals surface area (Å²) < 4.78 is 0. The lowest BCUT2D eigenvalue weighted by Gasteiger charge is -2.19. The number of benzene rings is 1. The molecule has 1 N–H and O–H groups in total. The number of rotatable bonds is 5. The average molecular weight is 281 g/mol. The molecule has 0 radical (unpaired) electrons. The van der Waals surface area contributed by atoms with Crippen molar-refractivity contribution in [2.75, 3.05) is 18.5 Å². The van der Waals surface area contributed by atoms with Crippen LogP contribution in [-0.4, -0.2) is 29.7 Å². The summed E-state index contributed by atoms with van der Waals surface area (Å²) in [5.41, 5.74) is 2.38. The van der Waals surface area contributed by atoms with Gasteiger partial charge in [0.25, 0.3) is 0 Å². The van der Waals surface area contributed by atoms with Crippen LogP contribution in [0.5, 0.6) is 0 Å². The third kappa shape index (κ3) is 3.57. The van der Waals surface area contributed by atoms with Gasteiger partial charge in [0.1, 0.15) is 11.8 Å². The third-order valence-electron chi connectivity index (χ3n) is 3.26. The molecule has 0 amide bonds. The predicted molar refractivity (Wildman–Crippen MR) is 79.3 cm³/mol. The number of anilines is 1. The number of aromatic carboxylic acids is 1. The van der Waals surface area contributed by atoms with E-state index in [1.807, 2.05) is 36.2 Å². The SMILES string of the molecule is CN(CCc1ccccc1C(=O)O)c1ccnc(C#N)c1. The lowest BCUT2D eigenvalue weighted by Crippen LogP contribution is -2.21. The fourth-order valence-electron chi connectivity index (χ4n) is 2.08. The maximum absolute atomic E-state index is 11.2. The first-order chi connectivity index (χ1) is 10.1. The van der Waals surface area contributed by atoms with Gasteiger partial charge in [0, 0.05) is 25.5 Å². The van der Waals surface area contributed by atoms with Crippen LogP contribution in [0.3, 0.4) is 0 Å². The van der Waals surface area contributed by atoms with Crippen molar-refractivity contribution in [1.82, 2.24) is 4.98 Å². The number of nitriles is 1. The Balaban J connectivity index is 2.09. The Kier molecular flexibility index (Phi) is 4.52. The van der Waals surface area contributed by atoms with Crippen molar-refractivity contribution >= 4 is 11.7 Å². The summed E-state index contributed by atoms with van der Waals surface area (Å²) in [7, 11) is 1.90. The molecule has 0 aliphatic carbocycles. The predicted octanol–water partition coefficient (Wildman–Crippen LogP) is 2.33. The van der Waals surface area contributed by atoms with Crippen LogP contribution in [0.15, 0.2) is 42.6 Å². The molecule has 2 aromatic rings. The van der Waals surface area contributed by atoms with Crippen LogP contribution in [0.25, 0.3) is 0 Å². The molecule has 5 heteroatoms. The van der Waals surface area contributed by atoms with Gasteiger partial charge in [-0.2, -0.15) is 5.26 Å². The topological polar surface area (TPSA) is 77.2 Å². The van der Waals surface area contributed by atoms with E-state index in [9.17, 15) is 4.79 Å². The van der Waals surface area contributed by atoms with E-state index < -0.39 is 5.97 Å². The van der Waals surface area contributed by atoms with Crippen molar-refractivity contribution in [1.29, 1.82) is 5.26 Å². The molecular weight excluding hydrogens is 266 g/mol. The fraction of sp³-hybridized carbons (Fsp3) is 0.188. The number of pyridine rings is 1. The van der Waals surface area contributed by atoms with E-state index in [4.69, 9.17) is 10.4 Å². The van der Waals surface area contributed by atoms with Gasteiger partial charge in [0.05, 0.1) is 5.56 Å². The number of nitrogens with zero attached hydrogens (tertiary/aromatic N) is 3. The quantitative estimate of drug-likeness (QED) is 0.910. The molecule has 0 spiro atoms. The molecule has 1 aromatic heterocycles.